The number of thioether (sulfide) groups is 1. The van der Waals surface area contributed by atoms with Gasteiger partial charge < -0.3 is 0 Å². The maximum absolute atomic E-state index is 7.39. The molecule has 0 heterocycles. The zero-order valence-corrected chi connectivity index (χ0v) is 10.6. The molecule has 0 saturated heterocycles. The summed E-state index contributed by atoms with van der Waals surface area (Å²) in [4.78, 5) is 0. The van der Waals surface area contributed by atoms with Crippen LogP contribution in [0, 0.1) is 11.3 Å². The summed E-state index contributed by atoms with van der Waals surface area (Å²) in [6, 6.07) is 0. The van der Waals surface area contributed by atoms with Crippen LogP contribution in [-0.4, -0.2) is 10.8 Å². The Bertz CT molecular complexity index is 111. The lowest BCUT2D eigenvalue weighted by atomic mass is 10.1. The highest BCUT2D eigenvalue weighted by molar-refractivity contribution is 8.13. The minimum atomic E-state index is 0.811. The molecule has 0 bridgehead atoms. The molecule has 0 fully saturated rings. The molecule has 0 aliphatic rings. The van der Waals surface area contributed by atoms with Crippen molar-refractivity contribution in [1.29, 1.82) is 5.41 Å². The van der Waals surface area contributed by atoms with Crippen LogP contribution in [0.1, 0.15) is 53.9 Å². The quantitative estimate of drug-likeness (QED) is 0.395. The highest BCUT2D eigenvalue weighted by Gasteiger charge is 1.96. The minimum absolute atomic E-state index is 0.811. The van der Waals surface area contributed by atoms with Crippen LogP contribution in [0.25, 0.3) is 0 Å². The molecule has 13 heavy (non-hydrogen) atoms. The Labute approximate surface area is 88.2 Å². The van der Waals surface area contributed by atoms with Gasteiger partial charge in [-0.25, -0.2) is 0 Å². The van der Waals surface area contributed by atoms with Gasteiger partial charge in [0.2, 0.25) is 0 Å². The maximum Gasteiger partial charge on any atom is 0.0638 e. The molecule has 0 spiro atoms. The van der Waals surface area contributed by atoms with E-state index in [0.717, 1.165) is 23.1 Å². The van der Waals surface area contributed by atoms with Crippen LogP contribution >= 0.6 is 11.8 Å². The standard InChI is InChI=1S/C9H19NS.C2H6/c1-4-9(10)11-7-5-6-8(2)3;1-2/h8,10H,4-7H2,1-3H3;1-2H3. The van der Waals surface area contributed by atoms with Gasteiger partial charge in [0.25, 0.3) is 0 Å². The van der Waals surface area contributed by atoms with Gasteiger partial charge in [-0.05, 0) is 24.5 Å². The third kappa shape index (κ3) is 14.8. The summed E-state index contributed by atoms with van der Waals surface area (Å²) >= 11 is 1.70. The summed E-state index contributed by atoms with van der Waals surface area (Å²) in [5, 5.41) is 8.21. The lowest BCUT2D eigenvalue weighted by molar-refractivity contribution is 0.579. The first-order valence-corrected chi connectivity index (χ1v) is 6.35. The second-order valence-electron chi connectivity index (χ2n) is 3.16. The van der Waals surface area contributed by atoms with Gasteiger partial charge >= 0.3 is 0 Å². The van der Waals surface area contributed by atoms with E-state index in [1.54, 1.807) is 11.8 Å². The topological polar surface area (TPSA) is 23.9 Å². The van der Waals surface area contributed by atoms with Crippen LogP contribution in [0.5, 0.6) is 0 Å². The average Bonchev–Trinajstić information content (AvgIpc) is 2.15. The van der Waals surface area contributed by atoms with Crippen LogP contribution in [0.15, 0.2) is 0 Å². The molecule has 0 aliphatic heterocycles. The molecular formula is C11H25NS. The van der Waals surface area contributed by atoms with Crippen molar-refractivity contribution in [3.05, 3.63) is 0 Å². The van der Waals surface area contributed by atoms with Gasteiger partial charge in [-0.3, -0.25) is 5.41 Å². The van der Waals surface area contributed by atoms with E-state index in [9.17, 15) is 0 Å². The molecule has 0 aliphatic carbocycles. The first kappa shape index (κ1) is 15.5. The Morgan fingerprint density at radius 3 is 2.23 bits per heavy atom. The van der Waals surface area contributed by atoms with Gasteiger partial charge in [-0.15, -0.1) is 11.8 Å². The zero-order valence-electron chi connectivity index (χ0n) is 9.81. The Morgan fingerprint density at radius 1 is 1.31 bits per heavy atom. The molecule has 0 amide bonds. The number of rotatable bonds is 5. The van der Waals surface area contributed by atoms with Crippen molar-refractivity contribution in [2.45, 2.75) is 53.9 Å². The average molecular weight is 203 g/mol. The van der Waals surface area contributed by atoms with Crippen molar-refractivity contribution in [1.82, 2.24) is 0 Å². The van der Waals surface area contributed by atoms with E-state index in [2.05, 4.69) is 13.8 Å². The molecule has 0 aromatic rings. The fourth-order valence-corrected chi connectivity index (χ4v) is 1.55. The molecule has 0 aromatic carbocycles. The molecular weight excluding hydrogens is 178 g/mol. The van der Waals surface area contributed by atoms with E-state index in [1.807, 2.05) is 20.8 Å². The Balaban J connectivity index is 0. The highest BCUT2D eigenvalue weighted by atomic mass is 32.2. The van der Waals surface area contributed by atoms with Gasteiger partial charge in [-0.2, -0.15) is 0 Å². The Morgan fingerprint density at radius 2 is 1.85 bits per heavy atom. The summed E-state index contributed by atoms with van der Waals surface area (Å²) in [5.41, 5.74) is 0. The van der Waals surface area contributed by atoms with Crippen molar-refractivity contribution < 1.29 is 0 Å². The molecule has 0 rings (SSSR count). The van der Waals surface area contributed by atoms with Crippen LogP contribution in [0.2, 0.25) is 0 Å². The molecule has 0 radical (unpaired) electrons. The first-order valence-electron chi connectivity index (χ1n) is 5.37. The number of hydrogen-bond acceptors (Lipinski definition) is 2. The largest absolute Gasteiger partial charge is 0.298 e. The molecule has 0 saturated carbocycles. The van der Waals surface area contributed by atoms with Gasteiger partial charge in [0.15, 0.2) is 0 Å². The van der Waals surface area contributed by atoms with Crippen molar-refractivity contribution >= 4 is 16.8 Å². The van der Waals surface area contributed by atoms with Crippen molar-refractivity contribution in [3.8, 4) is 0 Å². The van der Waals surface area contributed by atoms with Crippen LogP contribution in [0.4, 0.5) is 0 Å². The third-order valence-electron chi connectivity index (χ3n) is 1.52. The predicted octanol–water partition coefficient (Wildman–Crippen LogP) is 4.57. The van der Waals surface area contributed by atoms with E-state index in [-0.39, 0.29) is 0 Å². The predicted molar refractivity (Wildman–Crippen MR) is 65.9 cm³/mol. The Kier molecular flexibility index (Phi) is 14.3. The third-order valence-corrected chi connectivity index (χ3v) is 2.65. The summed E-state index contributed by atoms with van der Waals surface area (Å²) in [6.45, 7) is 10.5. The van der Waals surface area contributed by atoms with Gasteiger partial charge in [0, 0.05) is 0 Å². The fraction of sp³-hybridized carbons (Fsp3) is 0.909. The second kappa shape index (κ2) is 12.0. The molecule has 0 aromatic heterocycles. The lowest BCUT2D eigenvalue weighted by Crippen LogP contribution is -1.92. The smallest absolute Gasteiger partial charge is 0.0638 e. The van der Waals surface area contributed by atoms with Gasteiger partial charge in [-0.1, -0.05) is 41.0 Å². The van der Waals surface area contributed by atoms with E-state index in [0.29, 0.717) is 0 Å². The second-order valence-corrected chi connectivity index (χ2v) is 4.35. The SMILES string of the molecule is CC.CCC(=N)SCCCC(C)C. The zero-order chi connectivity index (χ0) is 10.7. The number of nitrogens with one attached hydrogen (secondary N) is 1. The fourth-order valence-electron chi connectivity index (χ4n) is 0.789. The molecule has 0 unspecified atom stereocenters. The van der Waals surface area contributed by atoms with E-state index in [4.69, 9.17) is 5.41 Å². The van der Waals surface area contributed by atoms with E-state index < -0.39 is 0 Å². The summed E-state index contributed by atoms with van der Waals surface area (Å²) < 4.78 is 0. The van der Waals surface area contributed by atoms with Crippen molar-refractivity contribution in [2.75, 3.05) is 5.75 Å². The maximum atomic E-state index is 7.39. The Hall–Kier alpha value is 0.0200. The highest BCUT2D eigenvalue weighted by Crippen LogP contribution is 2.11. The van der Waals surface area contributed by atoms with Gasteiger partial charge in [0.1, 0.15) is 0 Å². The molecule has 0 atom stereocenters. The van der Waals surface area contributed by atoms with E-state index in [1.165, 1.54) is 12.8 Å². The van der Waals surface area contributed by atoms with E-state index >= 15 is 0 Å². The normalized spacial score (nSPS) is 9.38. The molecule has 2 heteroatoms. The molecule has 80 valence electrons. The summed E-state index contributed by atoms with van der Waals surface area (Å²) in [6.07, 6.45) is 3.45. The summed E-state index contributed by atoms with van der Waals surface area (Å²) in [5.74, 6) is 1.94. The van der Waals surface area contributed by atoms with Crippen LogP contribution < -0.4 is 0 Å². The number of hydrogen-bond donors (Lipinski definition) is 1. The lowest BCUT2D eigenvalue weighted by Gasteiger charge is -2.03. The minimum Gasteiger partial charge on any atom is -0.298 e. The first-order chi connectivity index (χ1) is 6.16. The van der Waals surface area contributed by atoms with Crippen LogP contribution in [-0.2, 0) is 0 Å². The van der Waals surface area contributed by atoms with Gasteiger partial charge in [0.05, 0.1) is 5.04 Å². The van der Waals surface area contributed by atoms with Crippen LogP contribution in [0.3, 0.4) is 0 Å². The summed E-state index contributed by atoms with van der Waals surface area (Å²) in [7, 11) is 0. The van der Waals surface area contributed by atoms with Crippen molar-refractivity contribution in [3.63, 3.8) is 0 Å². The van der Waals surface area contributed by atoms with Crippen molar-refractivity contribution in [2.24, 2.45) is 5.92 Å². The molecule has 1 N–H and O–H groups in total. The monoisotopic (exact) mass is 203 g/mol. The molecule has 1 nitrogen and oxygen atoms in total.